The Morgan fingerprint density at radius 2 is 2.00 bits per heavy atom. The second kappa shape index (κ2) is 7.65. The Kier molecular flexibility index (Phi) is 5.10. The fourth-order valence-corrected chi connectivity index (χ4v) is 4.04. The zero-order valence-corrected chi connectivity index (χ0v) is 15.6. The van der Waals surface area contributed by atoms with Gasteiger partial charge in [-0.1, -0.05) is 12.1 Å². The van der Waals surface area contributed by atoms with E-state index in [0.717, 1.165) is 48.1 Å². The lowest BCUT2D eigenvalue weighted by atomic mass is 10.0. The summed E-state index contributed by atoms with van der Waals surface area (Å²) >= 11 is 1.46. The minimum atomic E-state index is -0.0140. The van der Waals surface area contributed by atoms with E-state index < -0.39 is 0 Å². The monoisotopic (exact) mass is 373 g/mol. The van der Waals surface area contributed by atoms with Crippen LogP contribution in [0.4, 0.5) is 0 Å². The molecule has 1 saturated heterocycles. The molecule has 0 saturated carbocycles. The Labute approximate surface area is 157 Å². The number of rotatable bonds is 5. The first kappa shape index (κ1) is 17.3. The van der Waals surface area contributed by atoms with Crippen LogP contribution in [-0.4, -0.2) is 62.3 Å². The van der Waals surface area contributed by atoms with Gasteiger partial charge < -0.3 is 19.7 Å². The van der Waals surface area contributed by atoms with Crippen molar-refractivity contribution in [3.05, 3.63) is 46.2 Å². The first-order chi connectivity index (χ1) is 12.7. The van der Waals surface area contributed by atoms with Gasteiger partial charge in [-0.25, -0.2) is 0 Å². The fourth-order valence-electron chi connectivity index (χ4n) is 3.40. The molecule has 0 radical (unpaired) electrons. The van der Waals surface area contributed by atoms with Crippen LogP contribution < -0.4 is 14.8 Å². The molecule has 1 N–H and O–H groups in total. The number of likely N-dealkylation sites (N-methyl/N-ethyl adjacent to an activating group) is 1. The van der Waals surface area contributed by atoms with Crippen LogP contribution in [0.15, 0.2) is 35.7 Å². The summed E-state index contributed by atoms with van der Waals surface area (Å²) in [6, 6.07) is 9.95. The van der Waals surface area contributed by atoms with E-state index in [1.54, 1.807) is 0 Å². The molecule has 26 heavy (non-hydrogen) atoms. The SMILES string of the molecule is CN1CCN([C@@H](CNC(=O)c2cccs2)c2ccc3c(c2)OCO3)CC1. The molecule has 1 aromatic heterocycles. The molecule has 4 rings (SSSR count). The number of carbonyl (C=O) groups is 1. The van der Waals surface area contributed by atoms with Crippen LogP contribution in [0.3, 0.4) is 0 Å². The first-order valence-corrected chi connectivity index (χ1v) is 9.72. The molecule has 2 aliphatic heterocycles. The molecule has 1 atom stereocenters. The van der Waals surface area contributed by atoms with Crippen LogP contribution in [0.25, 0.3) is 0 Å². The molecule has 2 aromatic rings. The number of thiophene rings is 1. The Morgan fingerprint density at radius 3 is 2.77 bits per heavy atom. The van der Waals surface area contributed by atoms with Crippen molar-refractivity contribution in [1.29, 1.82) is 0 Å². The van der Waals surface area contributed by atoms with E-state index in [9.17, 15) is 4.79 Å². The van der Waals surface area contributed by atoms with Gasteiger partial charge in [0.1, 0.15) is 0 Å². The summed E-state index contributed by atoms with van der Waals surface area (Å²) in [6.07, 6.45) is 0. The topological polar surface area (TPSA) is 54.0 Å². The third kappa shape index (κ3) is 3.70. The Hall–Kier alpha value is -2.09. The van der Waals surface area contributed by atoms with Gasteiger partial charge in [-0.05, 0) is 36.2 Å². The van der Waals surface area contributed by atoms with Gasteiger partial charge in [-0.15, -0.1) is 11.3 Å². The normalized spacial score (nSPS) is 18.7. The lowest BCUT2D eigenvalue weighted by molar-refractivity contribution is 0.0889. The Bertz CT molecular complexity index is 757. The molecule has 0 unspecified atom stereocenters. The second-order valence-electron chi connectivity index (χ2n) is 6.66. The fraction of sp³-hybridized carbons (Fsp3) is 0.421. The molecule has 7 heteroatoms. The quantitative estimate of drug-likeness (QED) is 0.871. The van der Waals surface area contributed by atoms with Crippen LogP contribution in [0.5, 0.6) is 11.5 Å². The van der Waals surface area contributed by atoms with Gasteiger partial charge in [0.05, 0.1) is 10.9 Å². The number of hydrogen-bond donors (Lipinski definition) is 1. The van der Waals surface area contributed by atoms with E-state index >= 15 is 0 Å². The number of carbonyl (C=O) groups excluding carboxylic acids is 1. The molecule has 0 aliphatic carbocycles. The zero-order valence-electron chi connectivity index (χ0n) is 14.8. The summed E-state index contributed by atoms with van der Waals surface area (Å²) in [5.41, 5.74) is 1.14. The maximum absolute atomic E-state index is 12.4. The van der Waals surface area contributed by atoms with Crippen molar-refractivity contribution in [2.45, 2.75) is 6.04 Å². The average Bonchev–Trinajstić information content (AvgIpc) is 3.34. The van der Waals surface area contributed by atoms with E-state index in [-0.39, 0.29) is 18.7 Å². The summed E-state index contributed by atoms with van der Waals surface area (Å²) in [4.78, 5) is 17.9. The molecule has 6 nitrogen and oxygen atoms in total. The maximum Gasteiger partial charge on any atom is 0.261 e. The van der Waals surface area contributed by atoms with Crippen LogP contribution in [0, 0.1) is 0 Å². The first-order valence-electron chi connectivity index (χ1n) is 8.84. The van der Waals surface area contributed by atoms with E-state index in [0.29, 0.717) is 6.54 Å². The minimum Gasteiger partial charge on any atom is -0.454 e. The third-order valence-electron chi connectivity index (χ3n) is 4.96. The highest BCUT2D eigenvalue weighted by molar-refractivity contribution is 7.12. The van der Waals surface area contributed by atoms with Crippen molar-refractivity contribution in [2.24, 2.45) is 0 Å². The zero-order chi connectivity index (χ0) is 17.9. The minimum absolute atomic E-state index is 0.0140. The average molecular weight is 373 g/mol. The van der Waals surface area contributed by atoms with Crippen LogP contribution in [0.2, 0.25) is 0 Å². The number of fused-ring (bicyclic) bond motifs is 1. The molecule has 1 fully saturated rings. The maximum atomic E-state index is 12.4. The van der Waals surface area contributed by atoms with Crippen molar-refractivity contribution in [3.8, 4) is 11.5 Å². The molecular weight excluding hydrogens is 350 g/mol. The summed E-state index contributed by atoms with van der Waals surface area (Å²) < 4.78 is 11.0. The lowest BCUT2D eigenvalue weighted by Crippen LogP contribution is -2.48. The summed E-state index contributed by atoms with van der Waals surface area (Å²) in [7, 11) is 2.14. The van der Waals surface area contributed by atoms with Crippen molar-refractivity contribution in [1.82, 2.24) is 15.1 Å². The highest BCUT2D eigenvalue weighted by Gasteiger charge is 2.26. The van der Waals surface area contributed by atoms with Gasteiger partial charge in [0.25, 0.3) is 5.91 Å². The molecule has 3 heterocycles. The lowest BCUT2D eigenvalue weighted by Gasteiger charge is -2.38. The number of nitrogens with one attached hydrogen (secondary N) is 1. The molecule has 1 aromatic carbocycles. The van der Waals surface area contributed by atoms with Crippen molar-refractivity contribution in [3.63, 3.8) is 0 Å². The van der Waals surface area contributed by atoms with Gasteiger partial charge in [0.2, 0.25) is 6.79 Å². The highest BCUT2D eigenvalue weighted by atomic mass is 32.1. The summed E-state index contributed by atoms with van der Waals surface area (Å²) in [6.45, 7) is 4.85. The standard InChI is InChI=1S/C19H23N3O3S/c1-21-6-8-22(9-7-21)15(12-20-19(23)18-3-2-10-26-18)14-4-5-16-17(11-14)25-13-24-16/h2-5,10-11,15H,6-9,12-13H2,1H3,(H,20,23)/t15-/m0/s1. The predicted molar refractivity (Wildman–Crippen MR) is 101 cm³/mol. The highest BCUT2D eigenvalue weighted by Crippen LogP contribution is 2.35. The third-order valence-corrected chi connectivity index (χ3v) is 5.83. The smallest absolute Gasteiger partial charge is 0.261 e. The number of hydrogen-bond acceptors (Lipinski definition) is 6. The number of amides is 1. The van der Waals surface area contributed by atoms with E-state index in [1.165, 1.54) is 11.3 Å². The van der Waals surface area contributed by atoms with E-state index in [2.05, 4.69) is 28.2 Å². The summed E-state index contributed by atoms with van der Waals surface area (Å²) in [5.74, 6) is 1.56. The molecule has 0 bridgehead atoms. The van der Waals surface area contributed by atoms with Gasteiger partial charge in [0, 0.05) is 32.7 Å². The van der Waals surface area contributed by atoms with E-state index in [4.69, 9.17) is 9.47 Å². The number of benzene rings is 1. The largest absolute Gasteiger partial charge is 0.454 e. The molecule has 1 amide bonds. The van der Waals surface area contributed by atoms with Crippen LogP contribution in [-0.2, 0) is 0 Å². The van der Waals surface area contributed by atoms with Crippen LogP contribution in [0.1, 0.15) is 21.3 Å². The number of piperazine rings is 1. The Morgan fingerprint density at radius 1 is 1.19 bits per heavy atom. The predicted octanol–water partition coefficient (Wildman–Crippen LogP) is 2.20. The van der Waals surface area contributed by atoms with Crippen LogP contribution >= 0.6 is 11.3 Å². The molecule has 138 valence electrons. The number of nitrogens with zero attached hydrogens (tertiary/aromatic N) is 2. The summed E-state index contributed by atoms with van der Waals surface area (Å²) in [5, 5.41) is 5.03. The molecular formula is C19H23N3O3S. The Balaban J connectivity index is 1.52. The second-order valence-corrected chi connectivity index (χ2v) is 7.60. The van der Waals surface area contributed by atoms with Crippen molar-refractivity contribution in [2.75, 3.05) is 46.6 Å². The van der Waals surface area contributed by atoms with Crippen molar-refractivity contribution >= 4 is 17.2 Å². The van der Waals surface area contributed by atoms with Crippen molar-refractivity contribution < 1.29 is 14.3 Å². The number of ether oxygens (including phenoxy) is 2. The van der Waals surface area contributed by atoms with Gasteiger partial charge in [-0.2, -0.15) is 0 Å². The molecule has 2 aliphatic rings. The van der Waals surface area contributed by atoms with Gasteiger partial charge >= 0.3 is 0 Å². The molecule has 0 spiro atoms. The van der Waals surface area contributed by atoms with Gasteiger partial charge in [-0.3, -0.25) is 9.69 Å². The van der Waals surface area contributed by atoms with Gasteiger partial charge in [0.15, 0.2) is 11.5 Å². The van der Waals surface area contributed by atoms with E-state index in [1.807, 2.05) is 29.6 Å².